The fourth-order valence-corrected chi connectivity index (χ4v) is 4.96. The van der Waals surface area contributed by atoms with Crippen molar-refractivity contribution in [3.8, 4) is 34.3 Å². The van der Waals surface area contributed by atoms with Crippen molar-refractivity contribution in [2.75, 3.05) is 0 Å². The quantitative estimate of drug-likeness (QED) is 0.189. The molecule has 5 rings (SSSR count). The Morgan fingerprint density at radius 1 is 0.780 bits per heavy atom. The summed E-state index contributed by atoms with van der Waals surface area (Å²) in [7, 11) is 0. The lowest BCUT2D eigenvalue weighted by atomic mass is 9.90. The summed E-state index contributed by atoms with van der Waals surface area (Å²) in [6.07, 6.45) is -14.1. The van der Waals surface area contributed by atoms with Crippen molar-refractivity contribution in [1.82, 2.24) is 0 Å². The van der Waals surface area contributed by atoms with Crippen LogP contribution in [0, 0.1) is 0 Å². The molecule has 1 aromatic heterocycles. The average molecular weight is 577 g/mol. The van der Waals surface area contributed by atoms with Gasteiger partial charge in [0.15, 0.2) is 35.1 Å². The van der Waals surface area contributed by atoms with E-state index in [-0.39, 0.29) is 16.9 Å². The lowest BCUT2D eigenvalue weighted by Crippen LogP contribution is -2.60. The van der Waals surface area contributed by atoms with Crippen LogP contribution in [0.5, 0.6) is 23.0 Å². The van der Waals surface area contributed by atoms with Gasteiger partial charge < -0.3 is 59.5 Å². The second kappa shape index (κ2) is 10.6. The van der Waals surface area contributed by atoms with Gasteiger partial charge in [0, 0.05) is 17.7 Å². The number of hydrogen-bond acceptors (Lipinski definition) is 14. The van der Waals surface area contributed by atoms with E-state index in [2.05, 4.69) is 0 Å². The third-order valence-corrected chi connectivity index (χ3v) is 7.30. The number of rotatable bonds is 4. The summed E-state index contributed by atoms with van der Waals surface area (Å²) in [5, 5.41) is 82.0. The van der Waals surface area contributed by atoms with Crippen LogP contribution in [0.4, 0.5) is 0 Å². The van der Waals surface area contributed by atoms with Crippen LogP contribution in [-0.4, -0.2) is 95.7 Å². The van der Waals surface area contributed by atoms with Crippen molar-refractivity contribution in [2.24, 2.45) is 0 Å². The number of aliphatic hydroxyl groups excluding tert-OH is 4. The highest BCUT2D eigenvalue weighted by Gasteiger charge is 2.50. The van der Waals surface area contributed by atoms with E-state index in [9.17, 15) is 50.4 Å². The Labute approximate surface area is 230 Å². The molecule has 0 saturated carbocycles. The zero-order chi connectivity index (χ0) is 29.9. The Balaban J connectivity index is 1.58. The molecule has 3 heterocycles. The van der Waals surface area contributed by atoms with Gasteiger partial charge in [0.1, 0.15) is 58.7 Å². The number of phenols is 4. The highest BCUT2D eigenvalue weighted by Crippen LogP contribution is 2.45. The molecule has 0 spiro atoms. The molecule has 14 nitrogen and oxygen atoms in total. The van der Waals surface area contributed by atoms with Crippen LogP contribution in [0.25, 0.3) is 22.3 Å². The summed E-state index contributed by atoms with van der Waals surface area (Å²) < 4.78 is 22.5. The number of hydrogen-bond donors (Lipinski definition) is 8. The van der Waals surface area contributed by atoms with Gasteiger partial charge in [-0.25, -0.2) is 0 Å². The number of aliphatic hydroxyl groups is 4. The van der Waals surface area contributed by atoms with Crippen LogP contribution in [-0.2, 0) is 19.0 Å². The van der Waals surface area contributed by atoms with Crippen molar-refractivity contribution in [1.29, 1.82) is 0 Å². The number of ketones is 1. The minimum absolute atomic E-state index is 0.0651. The van der Waals surface area contributed by atoms with Crippen LogP contribution in [0.3, 0.4) is 0 Å². The predicted molar refractivity (Wildman–Crippen MR) is 136 cm³/mol. The van der Waals surface area contributed by atoms with Crippen LogP contribution in [0.1, 0.15) is 25.5 Å². The summed E-state index contributed by atoms with van der Waals surface area (Å²) in [6, 6.07) is 5.67. The minimum atomic E-state index is -1.82. The summed E-state index contributed by atoms with van der Waals surface area (Å²) in [5.74, 6) is -3.42. The van der Waals surface area contributed by atoms with E-state index in [4.69, 9.17) is 18.6 Å². The van der Waals surface area contributed by atoms with Crippen LogP contribution in [0.2, 0.25) is 0 Å². The zero-order valence-electron chi connectivity index (χ0n) is 21.6. The summed E-state index contributed by atoms with van der Waals surface area (Å²) in [6.45, 7) is 2.74. The number of phenolic OH excluding ortho intramolecular Hbond substituents is 4. The number of ether oxygens (including phenoxy) is 3. The molecule has 2 aliphatic rings. The van der Waals surface area contributed by atoms with Crippen LogP contribution in [0.15, 0.2) is 39.5 Å². The predicted octanol–water partition coefficient (Wildman–Crippen LogP) is -0.115. The molecule has 2 fully saturated rings. The van der Waals surface area contributed by atoms with Gasteiger partial charge in [0.05, 0.1) is 17.8 Å². The number of Topliss-reactive ketones (excluding diaryl/α,β-unsaturated/α-hetero) is 1. The first kappa shape index (κ1) is 28.8. The molecule has 0 bridgehead atoms. The second-order valence-electron chi connectivity index (χ2n) is 10.1. The van der Waals surface area contributed by atoms with E-state index < -0.39 is 100 Å². The molecule has 0 unspecified atom stereocenters. The van der Waals surface area contributed by atoms with Gasteiger partial charge in [-0.1, -0.05) is 0 Å². The summed E-state index contributed by atoms with van der Waals surface area (Å²) >= 11 is 0. The third kappa shape index (κ3) is 4.89. The molecule has 8 N–H and O–H groups in total. The summed E-state index contributed by atoms with van der Waals surface area (Å²) in [4.78, 5) is 26.3. The fourth-order valence-electron chi connectivity index (χ4n) is 4.96. The topological polar surface area (TPSA) is 237 Å². The largest absolute Gasteiger partial charge is 0.507 e. The molecular weight excluding hydrogens is 548 g/mol. The van der Waals surface area contributed by atoms with Crippen molar-refractivity contribution < 1.29 is 64.3 Å². The standard InChI is InChI=1S/C27H28O14/c1-8-20(33)23(36)26(41-27-24(37)22(35)19(32)9(2)39-27)25(38-8)18-14(31)7-16-17(21(18)34)13(30)6-15(40-16)10-3-4-11(28)12(29)5-10/h3-9,19-20,22,24-29,31-35,37H,1-2H3/t8-,9-,19-,20+,22+,24+,25+,26-,27+/m1/s1. The Bertz CT molecular complexity index is 1550. The van der Waals surface area contributed by atoms with Gasteiger partial charge in [-0.15, -0.1) is 0 Å². The van der Waals surface area contributed by atoms with Gasteiger partial charge in [-0.05, 0) is 32.0 Å². The maximum absolute atomic E-state index is 13.1. The second-order valence-corrected chi connectivity index (χ2v) is 10.1. The molecule has 0 radical (unpaired) electrons. The first-order valence-electron chi connectivity index (χ1n) is 12.6. The van der Waals surface area contributed by atoms with Gasteiger partial charge in [-0.2, -0.15) is 0 Å². The number of carbonyl (C=O) groups is 1. The zero-order valence-corrected chi connectivity index (χ0v) is 21.6. The molecule has 0 aliphatic carbocycles. The molecule has 0 amide bonds. The highest BCUT2D eigenvalue weighted by atomic mass is 16.7. The lowest BCUT2D eigenvalue weighted by Gasteiger charge is -2.43. The van der Waals surface area contributed by atoms with E-state index in [0.29, 0.717) is 0 Å². The van der Waals surface area contributed by atoms with Crippen molar-refractivity contribution >= 4 is 16.8 Å². The lowest BCUT2D eigenvalue weighted by molar-refractivity contribution is -0.314. The molecule has 2 saturated heterocycles. The molecule has 2 aliphatic heterocycles. The van der Waals surface area contributed by atoms with E-state index in [0.717, 1.165) is 18.2 Å². The Morgan fingerprint density at radius 2 is 1.49 bits per heavy atom. The maximum Gasteiger partial charge on any atom is 0.197 e. The van der Waals surface area contributed by atoms with Gasteiger partial charge in [0.2, 0.25) is 0 Å². The maximum atomic E-state index is 13.1. The average Bonchev–Trinajstić information content (AvgIpc) is 2.92. The van der Waals surface area contributed by atoms with Gasteiger partial charge in [0.25, 0.3) is 0 Å². The van der Waals surface area contributed by atoms with E-state index in [1.807, 2.05) is 0 Å². The van der Waals surface area contributed by atoms with E-state index in [1.54, 1.807) is 0 Å². The Hall–Kier alpha value is -3.76. The first-order chi connectivity index (χ1) is 19.3. The molecule has 2 aromatic carbocycles. The molecule has 41 heavy (non-hydrogen) atoms. The van der Waals surface area contributed by atoms with Crippen LogP contribution >= 0.6 is 0 Å². The number of benzene rings is 2. The SMILES string of the molecule is C[C@H]1O[C@@H](O[C@@H]2C(=O)[C@@H](O)[C@@H](C)O[C@H]2c2c(O)cc3oc(-c4ccc(O)c(O)c4)cc(=O)c3c2O)[C@@H](O)[C@@H](O)[C@@H]1O. The van der Waals surface area contributed by atoms with Crippen molar-refractivity contribution in [2.45, 2.75) is 69.0 Å². The normalized spacial score (nSPS) is 32.3. The minimum Gasteiger partial charge on any atom is -0.507 e. The smallest absolute Gasteiger partial charge is 0.197 e. The molecule has 220 valence electrons. The first-order valence-corrected chi connectivity index (χ1v) is 12.6. The van der Waals surface area contributed by atoms with E-state index in [1.165, 1.54) is 26.0 Å². The number of fused-ring (bicyclic) bond motifs is 1. The number of aromatic hydroxyl groups is 4. The molecule has 3 aromatic rings. The third-order valence-electron chi connectivity index (χ3n) is 7.30. The number of carbonyl (C=O) groups excluding carboxylic acids is 1. The van der Waals surface area contributed by atoms with Gasteiger partial charge in [-0.3, -0.25) is 9.59 Å². The van der Waals surface area contributed by atoms with Gasteiger partial charge >= 0.3 is 0 Å². The van der Waals surface area contributed by atoms with Crippen molar-refractivity contribution in [3.63, 3.8) is 0 Å². The van der Waals surface area contributed by atoms with Crippen molar-refractivity contribution in [3.05, 3.63) is 46.1 Å². The Morgan fingerprint density at radius 3 is 2.17 bits per heavy atom. The molecule has 9 atom stereocenters. The molecule has 14 heteroatoms. The fraction of sp³-hybridized carbons (Fsp3) is 0.407. The monoisotopic (exact) mass is 576 g/mol. The Kier molecular flexibility index (Phi) is 7.42. The highest BCUT2D eigenvalue weighted by molar-refractivity contribution is 5.92. The molecular formula is C27H28O14. The summed E-state index contributed by atoms with van der Waals surface area (Å²) in [5.41, 5.74) is -1.32. The van der Waals surface area contributed by atoms with E-state index >= 15 is 0 Å². The van der Waals surface area contributed by atoms with Crippen LogP contribution < -0.4 is 5.43 Å².